The van der Waals surface area contributed by atoms with Crippen LogP contribution in [0.3, 0.4) is 0 Å². The first-order valence-electron chi connectivity index (χ1n) is 11.4. The summed E-state index contributed by atoms with van der Waals surface area (Å²) in [5.41, 5.74) is 2.00. The van der Waals surface area contributed by atoms with E-state index in [9.17, 15) is 18.0 Å². The average Bonchev–Trinajstić information content (AvgIpc) is 2.78. The van der Waals surface area contributed by atoms with Gasteiger partial charge in [0.05, 0.1) is 22.0 Å². The van der Waals surface area contributed by atoms with Crippen LogP contribution in [-0.2, 0) is 26.2 Å². The molecule has 2 aromatic carbocycles. The minimum atomic E-state index is -3.77. The zero-order valence-electron chi connectivity index (χ0n) is 20.7. The largest absolute Gasteiger partial charge is 0.354 e. The van der Waals surface area contributed by atoms with Gasteiger partial charge in [-0.15, -0.1) is 0 Å². The van der Waals surface area contributed by atoms with Gasteiger partial charge >= 0.3 is 0 Å². The molecule has 0 radical (unpaired) electrons. The molecule has 0 saturated heterocycles. The van der Waals surface area contributed by atoms with Crippen molar-refractivity contribution in [3.63, 3.8) is 0 Å². The third kappa shape index (κ3) is 8.40. The highest BCUT2D eigenvalue weighted by atomic mass is 35.5. The summed E-state index contributed by atoms with van der Waals surface area (Å²) in [5.74, 6) is -0.567. The van der Waals surface area contributed by atoms with E-state index in [1.165, 1.54) is 4.90 Å². The molecule has 0 aromatic heterocycles. The van der Waals surface area contributed by atoms with E-state index in [2.05, 4.69) is 5.32 Å². The maximum atomic E-state index is 13.6. The lowest BCUT2D eigenvalue weighted by atomic mass is 10.1. The number of carbonyl (C=O) groups excluding carboxylic acids is 2. The van der Waals surface area contributed by atoms with Gasteiger partial charge in [-0.2, -0.15) is 0 Å². The van der Waals surface area contributed by atoms with Crippen LogP contribution in [0.1, 0.15) is 38.3 Å². The number of benzene rings is 2. The lowest BCUT2D eigenvalue weighted by Crippen LogP contribution is -2.52. The van der Waals surface area contributed by atoms with Crippen molar-refractivity contribution in [1.29, 1.82) is 0 Å². The second kappa shape index (κ2) is 12.6. The minimum Gasteiger partial charge on any atom is -0.354 e. The average molecular weight is 543 g/mol. The Bertz CT molecular complexity index is 1140. The highest BCUT2D eigenvalue weighted by Crippen LogP contribution is 2.25. The highest BCUT2D eigenvalue weighted by molar-refractivity contribution is 7.92. The van der Waals surface area contributed by atoms with Gasteiger partial charge in [-0.25, -0.2) is 8.42 Å². The molecule has 1 N–H and O–H groups in total. The fraction of sp³-hybridized carbons (Fsp3) is 0.440. The second-order valence-electron chi connectivity index (χ2n) is 8.94. The number of sulfonamides is 1. The lowest BCUT2D eigenvalue weighted by Gasteiger charge is -2.33. The molecule has 192 valence electrons. The minimum absolute atomic E-state index is 0.0643. The Hall–Kier alpha value is -2.29. The summed E-state index contributed by atoms with van der Waals surface area (Å²) < 4.78 is 26.3. The maximum Gasteiger partial charge on any atom is 0.244 e. The molecule has 0 aliphatic carbocycles. The highest BCUT2D eigenvalue weighted by Gasteiger charge is 2.31. The Labute approximate surface area is 218 Å². The van der Waals surface area contributed by atoms with Crippen molar-refractivity contribution in [2.75, 3.05) is 23.7 Å². The molecule has 2 rings (SSSR count). The van der Waals surface area contributed by atoms with Gasteiger partial charge < -0.3 is 10.2 Å². The van der Waals surface area contributed by atoms with E-state index in [-0.39, 0.29) is 18.4 Å². The van der Waals surface area contributed by atoms with Crippen molar-refractivity contribution in [3.05, 3.63) is 63.6 Å². The van der Waals surface area contributed by atoms with Crippen LogP contribution >= 0.6 is 23.2 Å². The smallest absolute Gasteiger partial charge is 0.244 e. The Morgan fingerprint density at radius 1 is 1.03 bits per heavy atom. The van der Waals surface area contributed by atoms with Gasteiger partial charge in [-0.1, -0.05) is 67.7 Å². The molecule has 0 aliphatic heterocycles. The fourth-order valence-electron chi connectivity index (χ4n) is 3.50. The predicted molar refractivity (Wildman–Crippen MR) is 142 cm³/mol. The normalized spacial score (nSPS) is 12.3. The van der Waals surface area contributed by atoms with E-state index >= 15 is 0 Å². The van der Waals surface area contributed by atoms with Gasteiger partial charge in [-0.3, -0.25) is 13.9 Å². The monoisotopic (exact) mass is 541 g/mol. The summed E-state index contributed by atoms with van der Waals surface area (Å²) >= 11 is 12.2. The number of nitrogens with zero attached hydrogens (tertiary/aromatic N) is 2. The van der Waals surface area contributed by atoms with Crippen LogP contribution in [0.4, 0.5) is 5.69 Å². The third-order valence-electron chi connectivity index (χ3n) is 5.41. The number of rotatable bonds is 11. The molecule has 1 unspecified atom stereocenters. The standard InChI is InChI=1S/C25H33Cl2N3O4S/c1-6-23(25(32)28-14-17(2)3)29(15-19-9-12-21(26)22(27)13-19)24(31)16-30(35(5,33)34)20-10-7-18(4)8-11-20/h7-13,17,23H,6,14-16H2,1-5H3,(H,28,32). The van der Waals surface area contributed by atoms with Crippen molar-refractivity contribution < 1.29 is 18.0 Å². The number of hydrogen-bond donors (Lipinski definition) is 1. The van der Waals surface area contributed by atoms with Crippen molar-refractivity contribution >= 4 is 50.7 Å². The van der Waals surface area contributed by atoms with Crippen molar-refractivity contribution in [2.45, 2.75) is 46.7 Å². The first kappa shape index (κ1) is 28.9. The van der Waals surface area contributed by atoms with Crippen LogP contribution in [-0.4, -0.2) is 50.5 Å². The molecule has 2 amide bonds. The molecule has 0 fully saturated rings. The molecule has 1 atom stereocenters. The molecular formula is C25H33Cl2N3O4S. The van der Waals surface area contributed by atoms with E-state index in [0.717, 1.165) is 16.1 Å². The molecule has 0 bridgehead atoms. The molecule has 0 spiro atoms. The van der Waals surface area contributed by atoms with Gasteiger partial charge in [0, 0.05) is 13.1 Å². The summed E-state index contributed by atoms with van der Waals surface area (Å²) in [6.45, 7) is 7.73. The predicted octanol–water partition coefficient (Wildman–Crippen LogP) is 4.65. The number of amides is 2. The van der Waals surface area contributed by atoms with Crippen LogP contribution in [0, 0.1) is 12.8 Å². The summed E-state index contributed by atoms with van der Waals surface area (Å²) in [7, 11) is -3.77. The lowest BCUT2D eigenvalue weighted by molar-refractivity contribution is -0.140. The van der Waals surface area contributed by atoms with Crippen LogP contribution in [0.15, 0.2) is 42.5 Å². The summed E-state index contributed by atoms with van der Waals surface area (Å²) in [6.07, 6.45) is 1.40. The Kier molecular flexibility index (Phi) is 10.4. The second-order valence-corrected chi connectivity index (χ2v) is 11.7. The first-order valence-corrected chi connectivity index (χ1v) is 14.0. The van der Waals surface area contributed by atoms with E-state index in [1.807, 2.05) is 27.7 Å². The van der Waals surface area contributed by atoms with Crippen LogP contribution in [0.2, 0.25) is 10.0 Å². The number of anilines is 1. The van der Waals surface area contributed by atoms with Crippen LogP contribution in [0.25, 0.3) is 0 Å². The maximum absolute atomic E-state index is 13.6. The molecule has 0 heterocycles. The summed E-state index contributed by atoms with van der Waals surface area (Å²) in [6, 6.07) is 11.0. The molecule has 0 aliphatic rings. The Morgan fingerprint density at radius 3 is 2.17 bits per heavy atom. The van der Waals surface area contributed by atoms with Gasteiger partial charge in [-0.05, 0) is 49.1 Å². The molecule has 0 saturated carbocycles. The Morgan fingerprint density at radius 2 is 1.66 bits per heavy atom. The number of nitrogens with one attached hydrogen (secondary N) is 1. The molecule has 2 aromatic rings. The third-order valence-corrected chi connectivity index (χ3v) is 7.29. The molecule has 10 heteroatoms. The summed E-state index contributed by atoms with van der Waals surface area (Å²) in [4.78, 5) is 28.1. The molecular weight excluding hydrogens is 509 g/mol. The van der Waals surface area contributed by atoms with Gasteiger partial charge in [0.1, 0.15) is 12.6 Å². The van der Waals surface area contributed by atoms with Crippen LogP contribution in [0.5, 0.6) is 0 Å². The summed E-state index contributed by atoms with van der Waals surface area (Å²) in [5, 5.41) is 3.58. The van der Waals surface area contributed by atoms with E-state index in [0.29, 0.717) is 34.3 Å². The zero-order chi connectivity index (χ0) is 26.3. The van der Waals surface area contributed by atoms with E-state index in [4.69, 9.17) is 23.2 Å². The molecule has 7 nitrogen and oxygen atoms in total. The SMILES string of the molecule is CCC(C(=O)NCC(C)C)N(Cc1ccc(Cl)c(Cl)c1)C(=O)CN(c1ccc(C)cc1)S(C)(=O)=O. The number of aryl methyl sites for hydroxylation is 1. The quantitative estimate of drug-likeness (QED) is 0.448. The van der Waals surface area contributed by atoms with Crippen molar-refractivity contribution in [3.8, 4) is 0 Å². The number of halogens is 2. The van der Waals surface area contributed by atoms with E-state index < -0.39 is 28.5 Å². The number of hydrogen-bond acceptors (Lipinski definition) is 4. The van der Waals surface area contributed by atoms with Gasteiger partial charge in [0.25, 0.3) is 0 Å². The van der Waals surface area contributed by atoms with Gasteiger partial charge in [0.15, 0.2) is 0 Å². The fourth-order valence-corrected chi connectivity index (χ4v) is 4.67. The first-order chi connectivity index (χ1) is 16.3. The van der Waals surface area contributed by atoms with Gasteiger partial charge in [0.2, 0.25) is 21.8 Å². The zero-order valence-corrected chi connectivity index (χ0v) is 23.0. The topological polar surface area (TPSA) is 86.8 Å². The van der Waals surface area contributed by atoms with Crippen molar-refractivity contribution in [1.82, 2.24) is 10.2 Å². The Balaban J connectivity index is 2.43. The number of carbonyl (C=O) groups is 2. The van der Waals surface area contributed by atoms with Crippen LogP contribution < -0.4 is 9.62 Å². The van der Waals surface area contributed by atoms with E-state index in [1.54, 1.807) is 42.5 Å². The van der Waals surface area contributed by atoms with Crippen molar-refractivity contribution in [2.24, 2.45) is 5.92 Å². The molecule has 35 heavy (non-hydrogen) atoms.